The molecule has 0 radical (unpaired) electrons. The molecule has 3 amide bonds. The van der Waals surface area contributed by atoms with Crippen molar-refractivity contribution in [1.82, 2.24) is 29.6 Å². The number of pyridine rings is 2. The minimum atomic E-state index is -0.485. The molecule has 4 aromatic heterocycles. The van der Waals surface area contributed by atoms with Gasteiger partial charge < -0.3 is 26.3 Å². The Morgan fingerprint density at radius 3 is 2.66 bits per heavy atom. The molecule has 0 saturated heterocycles. The molecule has 208 valence electrons. The van der Waals surface area contributed by atoms with E-state index in [1.807, 2.05) is 66.6 Å². The summed E-state index contributed by atoms with van der Waals surface area (Å²) in [6.07, 6.45) is 8.32. The lowest BCUT2D eigenvalue weighted by atomic mass is 10.0. The summed E-state index contributed by atoms with van der Waals surface area (Å²) in [4.78, 5) is 38.9. The highest BCUT2D eigenvalue weighted by Gasteiger charge is 2.23. The number of urea groups is 1. The quantitative estimate of drug-likeness (QED) is 0.236. The maximum absolute atomic E-state index is 12.6. The van der Waals surface area contributed by atoms with Crippen molar-refractivity contribution in [2.45, 2.75) is 32.7 Å². The van der Waals surface area contributed by atoms with Crippen LogP contribution in [0.4, 0.5) is 16.2 Å². The van der Waals surface area contributed by atoms with E-state index >= 15 is 0 Å². The molecule has 0 aliphatic carbocycles. The first-order chi connectivity index (χ1) is 19.7. The molecule has 0 saturated carbocycles. The number of benzene rings is 1. The Hall–Kier alpha value is -5.12. The predicted molar refractivity (Wildman–Crippen MR) is 161 cm³/mol. The summed E-state index contributed by atoms with van der Waals surface area (Å²) in [5, 5.41) is 7.51. The molecule has 1 aromatic carbocycles. The van der Waals surface area contributed by atoms with E-state index in [9.17, 15) is 9.59 Å². The lowest BCUT2D eigenvalue weighted by Gasteiger charge is -2.30. The summed E-state index contributed by atoms with van der Waals surface area (Å²) in [6, 6.07) is 15.1. The van der Waals surface area contributed by atoms with Gasteiger partial charge >= 0.3 is 6.03 Å². The number of carbonyl (C=O) groups is 2. The van der Waals surface area contributed by atoms with E-state index in [1.54, 1.807) is 24.5 Å². The lowest BCUT2D eigenvalue weighted by molar-refractivity contribution is 0.100. The molecule has 10 nitrogen and oxygen atoms in total. The van der Waals surface area contributed by atoms with Crippen LogP contribution in [0.3, 0.4) is 0 Å². The highest BCUT2D eigenvalue weighted by molar-refractivity contribution is 5.99. The van der Waals surface area contributed by atoms with Gasteiger partial charge in [-0.15, -0.1) is 0 Å². The minimum absolute atomic E-state index is 0.0475. The largest absolute Gasteiger partial charge is 0.366 e. The van der Waals surface area contributed by atoms with Crippen LogP contribution in [0.15, 0.2) is 73.2 Å². The molecule has 6 rings (SSSR count). The van der Waals surface area contributed by atoms with Gasteiger partial charge in [0.15, 0.2) is 0 Å². The van der Waals surface area contributed by atoms with Crippen molar-refractivity contribution in [2.24, 2.45) is 5.73 Å². The number of nitrogens with zero attached hydrogens (tertiary/aromatic N) is 4. The van der Waals surface area contributed by atoms with Gasteiger partial charge in [0.1, 0.15) is 11.3 Å². The second kappa shape index (κ2) is 10.1. The molecule has 1 aliphatic rings. The van der Waals surface area contributed by atoms with Crippen LogP contribution < -0.4 is 16.4 Å². The monoisotopic (exact) mass is 548 g/mol. The van der Waals surface area contributed by atoms with Gasteiger partial charge in [-0.3, -0.25) is 9.20 Å². The number of anilines is 2. The fourth-order valence-electron chi connectivity index (χ4n) is 5.14. The Kier molecular flexibility index (Phi) is 6.45. The summed E-state index contributed by atoms with van der Waals surface area (Å²) >= 11 is 0. The van der Waals surface area contributed by atoms with Crippen molar-refractivity contribution in [2.75, 3.05) is 18.4 Å². The van der Waals surface area contributed by atoms with Crippen molar-refractivity contribution < 1.29 is 9.59 Å². The van der Waals surface area contributed by atoms with E-state index < -0.39 is 5.91 Å². The third-order valence-corrected chi connectivity index (χ3v) is 7.11. The first-order valence-corrected chi connectivity index (χ1v) is 13.5. The average molecular weight is 549 g/mol. The van der Waals surface area contributed by atoms with Gasteiger partial charge in [-0.05, 0) is 63.1 Å². The molecule has 0 unspecified atom stereocenters. The highest BCUT2D eigenvalue weighted by Crippen LogP contribution is 2.31. The molecule has 5 aromatic rings. The Bertz CT molecular complexity index is 1830. The summed E-state index contributed by atoms with van der Waals surface area (Å²) in [6.45, 7) is 7.14. The normalized spacial score (nSPS) is 13.8. The smallest absolute Gasteiger partial charge is 0.318 e. The van der Waals surface area contributed by atoms with Gasteiger partial charge in [0.2, 0.25) is 5.91 Å². The summed E-state index contributed by atoms with van der Waals surface area (Å²) in [5.41, 5.74) is 12.7. The number of H-pyrrole nitrogens is 1. The molecule has 0 fully saturated rings. The van der Waals surface area contributed by atoms with Gasteiger partial charge in [0.25, 0.3) is 0 Å². The Balaban J connectivity index is 1.27. The number of carbonyl (C=O) groups excluding carboxylic acids is 2. The van der Waals surface area contributed by atoms with Gasteiger partial charge in [0, 0.05) is 53.2 Å². The van der Waals surface area contributed by atoms with Crippen LogP contribution in [-0.4, -0.2) is 54.8 Å². The van der Waals surface area contributed by atoms with E-state index in [1.165, 1.54) is 0 Å². The van der Waals surface area contributed by atoms with Crippen LogP contribution in [0.25, 0.3) is 33.5 Å². The molecule has 10 heteroatoms. The molecule has 0 bridgehead atoms. The van der Waals surface area contributed by atoms with E-state index in [2.05, 4.69) is 37.7 Å². The number of hydrogen-bond donors (Lipinski definition) is 4. The van der Waals surface area contributed by atoms with Crippen molar-refractivity contribution in [3.05, 3.63) is 84.5 Å². The third-order valence-electron chi connectivity index (χ3n) is 7.11. The summed E-state index contributed by atoms with van der Waals surface area (Å²) in [5.74, 6) is -0.485. The number of aromatic nitrogens is 4. The van der Waals surface area contributed by atoms with Gasteiger partial charge in [-0.25, -0.2) is 14.8 Å². The number of fused-ring (bicyclic) bond motifs is 2. The van der Waals surface area contributed by atoms with Crippen LogP contribution in [0, 0.1) is 0 Å². The van der Waals surface area contributed by atoms with Crippen LogP contribution in [0.5, 0.6) is 0 Å². The Labute approximate surface area is 237 Å². The number of aromatic amines is 1. The molecular formula is C31H32N8O2. The van der Waals surface area contributed by atoms with Crippen molar-refractivity contribution in [3.8, 4) is 11.3 Å². The number of amides is 3. The average Bonchev–Trinajstić information content (AvgIpc) is 3.57. The molecular weight excluding hydrogens is 516 g/mol. The van der Waals surface area contributed by atoms with Gasteiger partial charge in [-0.1, -0.05) is 24.3 Å². The number of imidazole rings is 1. The molecule has 0 atom stereocenters. The zero-order valence-electron chi connectivity index (χ0n) is 23.2. The van der Waals surface area contributed by atoms with Crippen LogP contribution >= 0.6 is 0 Å². The van der Waals surface area contributed by atoms with E-state index in [4.69, 9.17) is 5.73 Å². The van der Waals surface area contributed by atoms with E-state index in [0.717, 1.165) is 57.0 Å². The number of nitrogens with two attached hydrogens (primary N) is 1. The minimum Gasteiger partial charge on any atom is -0.366 e. The Morgan fingerprint density at radius 2 is 1.90 bits per heavy atom. The topological polar surface area (TPSA) is 133 Å². The molecule has 5 heterocycles. The second-order valence-corrected chi connectivity index (χ2v) is 11.2. The summed E-state index contributed by atoms with van der Waals surface area (Å²) < 4.78 is 1.94. The summed E-state index contributed by atoms with van der Waals surface area (Å²) in [7, 11) is 0. The zero-order chi connectivity index (χ0) is 28.7. The zero-order valence-corrected chi connectivity index (χ0v) is 23.2. The first-order valence-electron chi connectivity index (χ1n) is 13.5. The third kappa shape index (κ3) is 5.23. The predicted octanol–water partition coefficient (Wildman–Crippen LogP) is 5.32. The fourth-order valence-corrected chi connectivity index (χ4v) is 5.14. The number of nitrogens with one attached hydrogen (secondary N) is 3. The van der Waals surface area contributed by atoms with Crippen LogP contribution in [-0.2, 0) is 0 Å². The standard InChI is InChI=1S/C31H32N8O2/c1-31(2,3)37-30(41)38-14-11-19(12-15-38)25-16-23-24(10-13-33-29(23)36-25)35-20-8-9-27-34-17-26(39(27)18-20)21-6-4-5-7-22(21)28(32)40/h4-11,13,16-18H,12,14-15H2,1-3H3,(H2,32,40)(H,37,41)(H2,33,35,36). The Morgan fingerprint density at radius 1 is 1.07 bits per heavy atom. The number of rotatable bonds is 5. The first kappa shape index (κ1) is 26.1. The van der Waals surface area contributed by atoms with Crippen molar-refractivity contribution >= 4 is 45.6 Å². The fraction of sp³-hybridized carbons (Fsp3) is 0.226. The molecule has 0 spiro atoms. The van der Waals surface area contributed by atoms with E-state index in [-0.39, 0.29) is 11.6 Å². The highest BCUT2D eigenvalue weighted by atomic mass is 16.2. The van der Waals surface area contributed by atoms with Crippen molar-refractivity contribution in [3.63, 3.8) is 0 Å². The van der Waals surface area contributed by atoms with E-state index in [0.29, 0.717) is 18.7 Å². The van der Waals surface area contributed by atoms with Crippen molar-refractivity contribution in [1.29, 1.82) is 0 Å². The SMILES string of the molecule is CC(C)(C)NC(=O)N1CC=C(c2cc3c(Nc4ccc5ncc(-c6ccccc6C(N)=O)n5c4)ccnc3[nH]2)CC1. The van der Waals surface area contributed by atoms with Gasteiger partial charge in [0.05, 0.1) is 23.3 Å². The second-order valence-electron chi connectivity index (χ2n) is 11.2. The molecule has 41 heavy (non-hydrogen) atoms. The van der Waals surface area contributed by atoms with Gasteiger partial charge in [-0.2, -0.15) is 0 Å². The number of hydrogen-bond acceptors (Lipinski definition) is 5. The lowest BCUT2D eigenvalue weighted by Crippen LogP contribution is -2.49. The maximum atomic E-state index is 12.6. The van der Waals surface area contributed by atoms with Crippen LogP contribution in [0.1, 0.15) is 43.2 Å². The number of primary amides is 1. The molecule has 5 N–H and O–H groups in total. The maximum Gasteiger partial charge on any atom is 0.318 e. The molecule has 1 aliphatic heterocycles. The van der Waals surface area contributed by atoms with Crippen LogP contribution in [0.2, 0.25) is 0 Å².